The molecule has 0 amide bonds. The van der Waals surface area contributed by atoms with Gasteiger partial charge in [0.2, 0.25) is 5.78 Å². The number of alkyl halides is 3. The smallest absolute Gasteiger partial charge is 0.254 e. The predicted molar refractivity (Wildman–Crippen MR) is 92.2 cm³/mol. The van der Waals surface area contributed by atoms with Gasteiger partial charge in [-0.3, -0.25) is 9.59 Å². The molecule has 3 nitrogen and oxygen atoms in total. The number of rotatable bonds is 4. The molecule has 0 unspecified atom stereocenters. The number of halogens is 3. The van der Waals surface area contributed by atoms with E-state index in [0.717, 1.165) is 18.4 Å². The largest absolute Gasteiger partial charge is 0.358 e. The van der Waals surface area contributed by atoms with Gasteiger partial charge in [-0.2, -0.15) is 0 Å². The van der Waals surface area contributed by atoms with Crippen molar-refractivity contribution < 1.29 is 9.59 Å². The van der Waals surface area contributed by atoms with Crippen LogP contribution in [-0.4, -0.2) is 20.3 Å². The highest BCUT2D eigenvalue weighted by molar-refractivity contribution is 6.77. The second-order valence-corrected chi connectivity index (χ2v) is 6.77. The molecule has 0 bridgehead atoms. The molecule has 22 heavy (non-hydrogen) atoms. The number of hydrogen-bond donors (Lipinski definition) is 1. The summed E-state index contributed by atoms with van der Waals surface area (Å²) in [7, 11) is 0. The van der Waals surface area contributed by atoms with Gasteiger partial charge in [-0.15, -0.1) is 0 Å². The van der Waals surface area contributed by atoms with Gasteiger partial charge in [-0.05, 0) is 24.5 Å². The number of hydrogen-bond acceptors (Lipinski definition) is 2. The lowest BCUT2D eigenvalue weighted by atomic mass is 10.00. The van der Waals surface area contributed by atoms with Gasteiger partial charge in [0, 0.05) is 18.2 Å². The summed E-state index contributed by atoms with van der Waals surface area (Å²) in [6.45, 7) is 4.00. The van der Waals surface area contributed by atoms with Crippen LogP contribution >= 0.6 is 34.8 Å². The fraction of sp³-hybridized carbons (Fsp3) is 0.375. The second kappa shape index (κ2) is 8.56. The van der Waals surface area contributed by atoms with Crippen molar-refractivity contribution >= 4 is 46.4 Å². The normalized spacial score (nSPS) is 14.0. The number of carbonyl (C=O) groups is 2. The number of carbonyl (C=O) groups excluding carboxylic acids is 2. The Balaban J connectivity index is 0.00000116. The van der Waals surface area contributed by atoms with Gasteiger partial charge in [-0.1, -0.05) is 66.9 Å². The number of H-pyrrole nitrogens is 1. The fourth-order valence-electron chi connectivity index (χ4n) is 1.93. The molecule has 0 fully saturated rings. The maximum Gasteiger partial charge on any atom is 0.254 e. The Labute approximate surface area is 145 Å². The van der Waals surface area contributed by atoms with Crippen LogP contribution in [0.2, 0.25) is 0 Å². The van der Waals surface area contributed by atoms with Crippen molar-refractivity contribution in [3.8, 4) is 0 Å². The van der Waals surface area contributed by atoms with Crippen molar-refractivity contribution in [3.05, 3.63) is 47.3 Å². The first kappa shape index (κ1) is 19.0. The molecule has 0 saturated carbocycles. The molecule has 6 heteroatoms. The lowest BCUT2D eigenvalue weighted by Crippen LogP contribution is -2.19. The van der Waals surface area contributed by atoms with Gasteiger partial charge in [0.15, 0.2) is 5.78 Å². The molecule has 120 valence electrons. The molecule has 1 aliphatic carbocycles. The highest BCUT2D eigenvalue weighted by atomic mass is 35.6. The van der Waals surface area contributed by atoms with Gasteiger partial charge in [0.05, 0.1) is 5.69 Å². The van der Waals surface area contributed by atoms with Crippen molar-refractivity contribution in [1.82, 2.24) is 4.98 Å². The number of aromatic amines is 1. The Morgan fingerprint density at radius 2 is 1.91 bits per heavy atom. The molecular weight excluding hydrogens is 345 g/mol. The Bertz CT molecular complexity index is 595. The van der Waals surface area contributed by atoms with Crippen LogP contribution in [0, 0.1) is 0 Å². The molecule has 1 aromatic rings. The summed E-state index contributed by atoms with van der Waals surface area (Å²) in [5.74, 6) is -0.763. The van der Waals surface area contributed by atoms with Gasteiger partial charge in [0.25, 0.3) is 3.79 Å². The minimum Gasteiger partial charge on any atom is -0.358 e. The molecule has 0 saturated heterocycles. The number of allylic oxidation sites excluding steroid dienone is 4. The summed E-state index contributed by atoms with van der Waals surface area (Å²) >= 11 is 16.6. The predicted octanol–water partition coefficient (Wildman–Crippen LogP) is 5.44. The van der Waals surface area contributed by atoms with E-state index < -0.39 is 9.58 Å². The highest BCUT2D eigenvalue weighted by Crippen LogP contribution is 2.30. The van der Waals surface area contributed by atoms with Gasteiger partial charge >= 0.3 is 0 Å². The topological polar surface area (TPSA) is 49.9 Å². The Morgan fingerprint density at radius 3 is 2.45 bits per heavy atom. The van der Waals surface area contributed by atoms with Crippen LogP contribution in [0.5, 0.6) is 0 Å². The minimum absolute atomic E-state index is 0.0811. The molecule has 1 N–H and O–H groups in total. The average Bonchev–Trinajstić information content (AvgIpc) is 2.98. The van der Waals surface area contributed by atoms with E-state index in [4.69, 9.17) is 34.8 Å². The fourth-order valence-corrected chi connectivity index (χ4v) is 2.23. The van der Waals surface area contributed by atoms with E-state index in [9.17, 15) is 9.59 Å². The van der Waals surface area contributed by atoms with E-state index >= 15 is 0 Å². The molecule has 0 radical (unpaired) electrons. The van der Waals surface area contributed by atoms with E-state index in [-0.39, 0.29) is 11.5 Å². The Hall–Kier alpha value is -1.03. The summed E-state index contributed by atoms with van der Waals surface area (Å²) in [6.07, 6.45) is 9.73. The lowest BCUT2D eigenvalue weighted by Gasteiger charge is -2.06. The monoisotopic (exact) mass is 361 g/mol. The van der Waals surface area contributed by atoms with Gasteiger partial charge in [0.1, 0.15) is 0 Å². The molecular formula is C16H18Cl3NO2. The Morgan fingerprint density at radius 1 is 1.23 bits per heavy atom. The van der Waals surface area contributed by atoms with Gasteiger partial charge < -0.3 is 4.98 Å². The maximum absolute atomic E-state index is 12.1. The molecule has 0 spiro atoms. The molecule has 0 atom stereocenters. The van der Waals surface area contributed by atoms with Crippen LogP contribution in [0.4, 0.5) is 0 Å². The molecule has 1 heterocycles. The van der Waals surface area contributed by atoms with E-state index in [0.29, 0.717) is 12.0 Å². The third kappa shape index (κ3) is 5.31. The zero-order chi connectivity index (χ0) is 16.8. The number of ketones is 2. The van der Waals surface area contributed by atoms with Gasteiger partial charge in [-0.25, -0.2) is 0 Å². The maximum atomic E-state index is 12.1. The van der Waals surface area contributed by atoms with Crippen molar-refractivity contribution in [2.75, 3.05) is 0 Å². The standard InChI is InChI=1S/C14H12Cl3NO2.C2H6/c15-14(16,17)13(20)11-7-10(8-18-11)12(19)6-9-4-2-1-3-5-9;1-2/h2,4-5,7-8,18H,1,3,6H2;1-2H3. The first-order valence-electron chi connectivity index (χ1n) is 7.06. The van der Waals surface area contributed by atoms with Crippen LogP contribution in [0.15, 0.2) is 36.1 Å². The van der Waals surface area contributed by atoms with Crippen LogP contribution in [-0.2, 0) is 0 Å². The van der Waals surface area contributed by atoms with Crippen LogP contribution < -0.4 is 0 Å². The zero-order valence-corrected chi connectivity index (χ0v) is 14.7. The molecule has 1 aromatic heterocycles. The summed E-state index contributed by atoms with van der Waals surface area (Å²) < 4.78 is -2.03. The zero-order valence-electron chi connectivity index (χ0n) is 12.5. The van der Waals surface area contributed by atoms with Crippen molar-refractivity contribution in [3.63, 3.8) is 0 Å². The van der Waals surface area contributed by atoms with E-state index in [1.165, 1.54) is 12.3 Å². The van der Waals surface area contributed by atoms with Crippen molar-refractivity contribution in [2.24, 2.45) is 0 Å². The summed E-state index contributed by atoms with van der Waals surface area (Å²) in [6, 6.07) is 1.42. The molecule has 1 aliphatic rings. The van der Waals surface area contributed by atoms with Crippen LogP contribution in [0.1, 0.15) is 54.0 Å². The number of Topliss-reactive ketones (excluding diaryl/α,β-unsaturated/α-hetero) is 2. The van der Waals surface area contributed by atoms with E-state index in [1.54, 1.807) is 0 Å². The lowest BCUT2D eigenvalue weighted by molar-refractivity contribution is 0.0989. The first-order valence-corrected chi connectivity index (χ1v) is 8.20. The minimum atomic E-state index is -2.03. The average molecular weight is 363 g/mol. The van der Waals surface area contributed by atoms with Crippen LogP contribution in [0.3, 0.4) is 0 Å². The second-order valence-electron chi connectivity index (χ2n) is 4.49. The summed E-state index contributed by atoms with van der Waals surface area (Å²) in [4.78, 5) is 26.5. The number of aromatic nitrogens is 1. The van der Waals surface area contributed by atoms with E-state index in [2.05, 4.69) is 4.98 Å². The summed E-state index contributed by atoms with van der Waals surface area (Å²) in [5, 5.41) is 0. The third-order valence-corrected chi connectivity index (χ3v) is 3.46. The third-order valence-electron chi connectivity index (χ3n) is 2.94. The number of nitrogens with one attached hydrogen (secondary N) is 1. The Kier molecular flexibility index (Phi) is 7.40. The SMILES string of the molecule is CC.O=C(CC1=CCCC=C1)c1c[nH]c(C(=O)C(Cl)(Cl)Cl)c1. The van der Waals surface area contributed by atoms with Crippen molar-refractivity contribution in [2.45, 2.75) is 36.9 Å². The quantitative estimate of drug-likeness (QED) is 0.572. The van der Waals surface area contributed by atoms with E-state index in [1.807, 2.05) is 32.1 Å². The summed E-state index contributed by atoms with van der Waals surface area (Å²) in [5.41, 5.74) is 1.50. The first-order chi connectivity index (χ1) is 10.4. The highest BCUT2D eigenvalue weighted by Gasteiger charge is 2.32. The molecule has 2 rings (SSSR count). The van der Waals surface area contributed by atoms with Crippen LogP contribution in [0.25, 0.3) is 0 Å². The molecule has 0 aliphatic heterocycles. The molecule has 0 aromatic carbocycles. The van der Waals surface area contributed by atoms with Crippen molar-refractivity contribution in [1.29, 1.82) is 0 Å².